The first kappa shape index (κ1) is 16.6. The molecule has 0 spiro atoms. The van der Waals surface area contributed by atoms with E-state index in [4.69, 9.17) is 0 Å². The van der Waals surface area contributed by atoms with Crippen LogP contribution in [0.5, 0.6) is 5.75 Å². The van der Waals surface area contributed by atoms with E-state index >= 15 is 0 Å². The maximum Gasteiger partial charge on any atom is 0.273 e. The van der Waals surface area contributed by atoms with Crippen molar-refractivity contribution in [2.75, 3.05) is 5.32 Å². The summed E-state index contributed by atoms with van der Waals surface area (Å²) in [5.74, 6) is 0.298. The van der Waals surface area contributed by atoms with Crippen LogP contribution in [0.4, 0.5) is 11.4 Å². The lowest BCUT2D eigenvalue weighted by molar-refractivity contribution is -0.385. The number of phenols is 1. The van der Waals surface area contributed by atoms with E-state index in [-0.39, 0.29) is 29.3 Å². The molecule has 0 saturated heterocycles. The number of non-ortho nitro benzene ring substituents is 1. The Morgan fingerprint density at radius 1 is 1.15 bits per heavy atom. The van der Waals surface area contributed by atoms with Gasteiger partial charge in [-0.25, -0.2) is 0 Å². The van der Waals surface area contributed by atoms with Crippen molar-refractivity contribution in [3.63, 3.8) is 0 Å². The Labute approximate surface area is 152 Å². The van der Waals surface area contributed by atoms with Crippen LogP contribution in [0, 0.1) is 36.8 Å². The highest BCUT2D eigenvalue weighted by Gasteiger charge is 2.40. The summed E-state index contributed by atoms with van der Waals surface area (Å²) in [4.78, 5) is 10.7. The Morgan fingerprint density at radius 2 is 1.85 bits per heavy atom. The quantitative estimate of drug-likeness (QED) is 0.344. The smallest absolute Gasteiger partial charge is 0.273 e. The largest absolute Gasteiger partial charge is 0.506 e. The Hall–Kier alpha value is -2.82. The minimum Gasteiger partial charge on any atom is -0.506 e. The second-order valence-corrected chi connectivity index (χ2v) is 7.47. The number of allylic oxidation sites excluding steroid dienone is 2. The van der Waals surface area contributed by atoms with Crippen molar-refractivity contribution < 1.29 is 10.0 Å². The van der Waals surface area contributed by atoms with Gasteiger partial charge in [0.1, 0.15) is 5.75 Å². The fourth-order valence-corrected chi connectivity index (χ4v) is 4.74. The van der Waals surface area contributed by atoms with E-state index in [0.29, 0.717) is 5.69 Å². The monoisotopic (exact) mass is 350 g/mol. The van der Waals surface area contributed by atoms with Gasteiger partial charge in [-0.15, -0.1) is 0 Å². The first-order chi connectivity index (χ1) is 12.4. The molecule has 2 aliphatic rings. The minimum atomic E-state index is -0.450. The van der Waals surface area contributed by atoms with E-state index < -0.39 is 4.92 Å². The first-order valence-corrected chi connectivity index (χ1v) is 8.89. The third-order valence-corrected chi connectivity index (χ3v) is 5.69. The van der Waals surface area contributed by atoms with E-state index in [1.165, 1.54) is 28.3 Å². The summed E-state index contributed by atoms with van der Waals surface area (Å²) >= 11 is 0. The van der Waals surface area contributed by atoms with E-state index in [0.717, 1.165) is 12.0 Å². The average Bonchev–Trinajstić information content (AvgIpc) is 3.04. The van der Waals surface area contributed by atoms with Crippen LogP contribution in [0.25, 0.3) is 0 Å². The number of nitro benzene ring substituents is 1. The Kier molecular flexibility index (Phi) is 3.75. The Balaban J connectivity index is 1.87. The van der Waals surface area contributed by atoms with Crippen LogP contribution in [-0.4, -0.2) is 10.0 Å². The Morgan fingerprint density at radius 3 is 2.50 bits per heavy atom. The lowest BCUT2D eigenvalue weighted by Crippen LogP contribution is -2.30. The predicted molar refractivity (Wildman–Crippen MR) is 102 cm³/mol. The number of aryl methyl sites for hydroxylation is 3. The first-order valence-electron chi connectivity index (χ1n) is 8.89. The lowest BCUT2D eigenvalue weighted by Gasteiger charge is -2.39. The SMILES string of the molecule is Cc1cc(C)c(C2Nc3c(O)cc([N+](=O)[O-])cc3C3C=CCC32)c(C)c1. The van der Waals surface area contributed by atoms with Gasteiger partial charge >= 0.3 is 0 Å². The standard InChI is InChI=1S/C21H22N2O3/c1-11-7-12(2)19(13(3)8-11)21-16-6-4-5-15(16)17-9-14(23(25)26)10-18(24)20(17)22-21/h4-5,7-10,15-16,21-22,24H,6H2,1-3H3. The van der Waals surface area contributed by atoms with Gasteiger partial charge in [0.05, 0.1) is 22.7 Å². The molecule has 134 valence electrons. The van der Waals surface area contributed by atoms with Crippen LogP contribution in [0.1, 0.15) is 46.2 Å². The van der Waals surface area contributed by atoms with Crippen LogP contribution < -0.4 is 5.32 Å². The van der Waals surface area contributed by atoms with Crippen LogP contribution in [0.3, 0.4) is 0 Å². The highest BCUT2D eigenvalue weighted by Crippen LogP contribution is 2.53. The second kappa shape index (κ2) is 5.87. The van der Waals surface area contributed by atoms with Crippen molar-refractivity contribution in [3.05, 3.63) is 74.3 Å². The number of nitro groups is 1. The fraction of sp³-hybridized carbons (Fsp3) is 0.333. The highest BCUT2D eigenvalue weighted by molar-refractivity contribution is 5.70. The normalized spacial score (nSPS) is 23.3. The van der Waals surface area contributed by atoms with Crippen LogP contribution in [0.15, 0.2) is 36.4 Å². The molecule has 1 aliphatic heterocycles. The summed E-state index contributed by atoms with van der Waals surface area (Å²) in [5.41, 5.74) is 6.33. The number of benzene rings is 2. The number of hydrogen-bond acceptors (Lipinski definition) is 4. The van der Waals surface area contributed by atoms with Gasteiger partial charge in [0.15, 0.2) is 0 Å². The molecule has 3 atom stereocenters. The van der Waals surface area contributed by atoms with Crippen molar-refractivity contribution in [3.8, 4) is 5.75 Å². The molecule has 0 amide bonds. The van der Waals surface area contributed by atoms with Crippen LogP contribution in [-0.2, 0) is 0 Å². The van der Waals surface area contributed by atoms with E-state index in [1.807, 2.05) is 0 Å². The van der Waals surface area contributed by atoms with Gasteiger partial charge < -0.3 is 10.4 Å². The molecule has 0 aromatic heterocycles. The van der Waals surface area contributed by atoms with E-state index in [1.54, 1.807) is 6.07 Å². The molecule has 26 heavy (non-hydrogen) atoms. The molecule has 4 rings (SSSR count). The maximum atomic E-state index is 11.2. The van der Waals surface area contributed by atoms with Gasteiger partial charge in [0.2, 0.25) is 0 Å². The molecule has 2 aromatic carbocycles. The average molecular weight is 350 g/mol. The molecular formula is C21H22N2O3. The molecule has 3 unspecified atom stereocenters. The van der Waals surface area contributed by atoms with Gasteiger partial charge in [-0.2, -0.15) is 0 Å². The van der Waals surface area contributed by atoms with Crippen molar-refractivity contribution in [1.82, 2.24) is 0 Å². The molecule has 0 saturated carbocycles. The zero-order valence-corrected chi connectivity index (χ0v) is 15.1. The number of anilines is 1. The van der Waals surface area contributed by atoms with Gasteiger partial charge in [-0.1, -0.05) is 29.8 Å². The number of nitrogens with zero attached hydrogens (tertiary/aromatic N) is 1. The second-order valence-electron chi connectivity index (χ2n) is 7.47. The zero-order chi connectivity index (χ0) is 18.6. The van der Waals surface area contributed by atoms with Gasteiger partial charge in [-0.3, -0.25) is 10.1 Å². The number of fused-ring (bicyclic) bond motifs is 3. The summed E-state index contributed by atoms with van der Waals surface area (Å²) in [6, 6.07) is 7.27. The van der Waals surface area contributed by atoms with Crippen LogP contribution in [0.2, 0.25) is 0 Å². The summed E-state index contributed by atoms with van der Waals surface area (Å²) in [5, 5.41) is 25.2. The topological polar surface area (TPSA) is 75.4 Å². The molecule has 0 bridgehead atoms. The van der Waals surface area contributed by atoms with Crippen molar-refractivity contribution in [2.24, 2.45) is 5.92 Å². The molecule has 2 N–H and O–H groups in total. The highest BCUT2D eigenvalue weighted by atomic mass is 16.6. The molecular weight excluding hydrogens is 328 g/mol. The summed E-state index contributed by atoms with van der Waals surface area (Å²) in [6.45, 7) is 6.34. The predicted octanol–water partition coefficient (Wildman–Crippen LogP) is 5.05. The Bertz CT molecular complexity index is 926. The number of phenolic OH excluding ortho intramolecular Hbond substituents is 1. The van der Waals surface area contributed by atoms with Crippen molar-refractivity contribution in [1.29, 1.82) is 0 Å². The summed E-state index contributed by atoms with van der Waals surface area (Å²) < 4.78 is 0. The molecule has 0 fully saturated rings. The summed E-state index contributed by atoms with van der Waals surface area (Å²) in [7, 11) is 0. The third kappa shape index (κ3) is 2.46. The third-order valence-electron chi connectivity index (χ3n) is 5.69. The molecule has 5 heteroatoms. The molecule has 5 nitrogen and oxygen atoms in total. The lowest BCUT2D eigenvalue weighted by atomic mass is 9.75. The van der Waals surface area contributed by atoms with Crippen LogP contribution >= 0.6 is 0 Å². The number of nitrogens with one attached hydrogen (secondary N) is 1. The van der Waals surface area contributed by atoms with Crippen molar-refractivity contribution in [2.45, 2.75) is 39.2 Å². The summed E-state index contributed by atoms with van der Waals surface area (Å²) in [6.07, 6.45) is 5.19. The number of rotatable bonds is 2. The van der Waals surface area contributed by atoms with Gasteiger partial charge in [0.25, 0.3) is 5.69 Å². The maximum absolute atomic E-state index is 11.2. The molecule has 1 aliphatic carbocycles. The molecule has 0 radical (unpaired) electrons. The van der Waals surface area contributed by atoms with Crippen molar-refractivity contribution >= 4 is 11.4 Å². The molecule has 1 heterocycles. The van der Waals surface area contributed by atoms with E-state index in [2.05, 4.69) is 50.4 Å². The molecule has 2 aromatic rings. The minimum absolute atomic E-state index is 0.0552. The fourth-order valence-electron chi connectivity index (χ4n) is 4.74. The number of aromatic hydroxyl groups is 1. The van der Waals surface area contributed by atoms with Gasteiger partial charge in [-0.05, 0) is 55.4 Å². The van der Waals surface area contributed by atoms with E-state index in [9.17, 15) is 15.2 Å². The zero-order valence-electron chi connectivity index (χ0n) is 15.1. The van der Waals surface area contributed by atoms with Gasteiger partial charge in [0, 0.05) is 12.0 Å². The number of hydrogen-bond donors (Lipinski definition) is 2.